The smallest absolute Gasteiger partial charge is 0.416 e. The number of aromatic amines is 1. The third-order valence-corrected chi connectivity index (χ3v) is 7.50. The third-order valence-electron chi connectivity index (χ3n) is 5.28. The average molecular weight is 553 g/mol. The minimum absolute atomic E-state index is 0.0536. The molecular formula is C23H20BrF3N4O2S. The summed E-state index contributed by atoms with van der Waals surface area (Å²) in [5, 5.41) is 3.73. The van der Waals surface area contributed by atoms with Gasteiger partial charge in [-0.05, 0) is 46.1 Å². The molecule has 6 nitrogen and oxygen atoms in total. The molecule has 4 N–H and O–H groups in total. The number of nitrogens with two attached hydrogens (primary N) is 1. The number of pyridine rings is 1. The van der Waals surface area contributed by atoms with Crippen molar-refractivity contribution in [1.29, 1.82) is 0 Å². The van der Waals surface area contributed by atoms with E-state index in [0.29, 0.717) is 26.3 Å². The van der Waals surface area contributed by atoms with E-state index in [-0.39, 0.29) is 13.0 Å². The second-order valence-electron chi connectivity index (χ2n) is 7.51. The van der Waals surface area contributed by atoms with Crippen LogP contribution in [0.2, 0.25) is 0 Å². The lowest BCUT2D eigenvalue weighted by Crippen LogP contribution is -2.41. The van der Waals surface area contributed by atoms with E-state index in [4.69, 9.17) is 10.5 Å². The normalized spacial score (nSPS) is 12.6. The first-order chi connectivity index (χ1) is 16.2. The molecule has 0 unspecified atom stereocenters. The van der Waals surface area contributed by atoms with Gasteiger partial charge in [-0.1, -0.05) is 18.2 Å². The number of alkyl halides is 3. The zero-order chi connectivity index (χ0) is 24.5. The van der Waals surface area contributed by atoms with Gasteiger partial charge in [-0.25, -0.2) is 4.98 Å². The second-order valence-corrected chi connectivity index (χ2v) is 9.33. The van der Waals surface area contributed by atoms with Gasteiger partial charge in [0.15, 0.2) is 5.75 Å². The van der Waals surface area contributed by atoms with Crippen LogP contribution in [0, 0.1) is 0 Å². The molecule has 0 fully saturated rings. The lowest BCUT2D eigenvalue weighted by Gasteiger charge is -2.18. The van der Waals surface area contributed by atoms with Crippen molar-refractivity contribution in [2.75, 3.05) is 13.7 Å². The SMILES string of the molecule is COc1c(C(=O)N[C@H](CN)Cc2cccc(C(F)(F)F)c2)sc(-c2ccnc3[nH]ccc23)c1Br. The van der Waals surface area contributed by atoms with Gasteiger partial charge < -0.3 is 20.8 Å². The average Bonchev–Trinajstić information content (AvgIpc) is 3.42. The largest absolute Gasteiger partial charge is 0.494 e. The zero-order valence-electron chi connectivity index (χ0n) is 17.9. The maximum Gasteiger partial charge on any atom is 0.416 e. The van der Waals surface area contributed by atoms with Crippen molar-refractivity contribution in [1.82, 2.24) is 15.3 Å². The minimum Gasteiger partial charge on any atom is -0.494 e. The monoisotopic (exact) mass is 552 g/mol. The number of fused-ring (bicyclic) bond motifs is 1. The molecule has 1 aromatic carbocycles. The van der Waals surface area contributed by atoms with Gasteiger partial charge in [0.2, 0.25) is 0 Å². The molecule has 178 valence electrons. The summed E-state index contributed by atoms with van der Waals surface area (Å²) in [7, 11) is 1.47. The summed E-state index contributed by atoms with van der Waals surface area (Å²) in [6.07, 6.45) is -0.830. The lowest BCUT2D eigenvalue weighted by molar-refractivity contribution is -0.137. The Morgan fingerprint density at radius 2 is 2.12 bits per heavy atom. The van der Waals surface area contributed by atoms with E-state index < -0.39 is 23.7 Å². The first-order valence-corrected chi connectivity index (χ1v) is 11.8. The second kappa shape index (κ2) is 9.77. The van der Waals surface area contributed by atoms with E-state index in [1.807, 2.05) is 12.1 Å². The zero-order valence-corrected chi connectivity index (χ0v) is 20.3. The van der Waals surface area contributed by atoms with E-state index in [1.165, 1.54) is 24.5 Å². The van der Waals surface area contributed by atoms with Crippen LogP contribution in [-0.4, -0.2) is 35.6 Å². The highest BCUT2D eigenvalue weighted by Gasteiger charge is 2.31. The molecule has 0 radical (unpaired) electrons. The van der Waals surface area contributed by atoms with Gasteiger partial charge in [-0.3, -0.25) is 4.79 Å². The number of hydrogen-bond acceptors (Lipinski definition) is 5. The molecule has 0 aliphatic carbocycles. The van der Waals surface area contributed by atoms with Crippen molar-refractivity contribution in [3.8, 4) is 16.2 Å². The van der Waals surface area contributed by atoms with Gasteiger partial charge in [0.05, 0.1) is 22.0 Å². The van der Waals surface area contributed by atoms with Crippen molar-refractivity contribution in [2.24, 2.45) is 5.73 Å². The summed E-state index contributed by atoms with van der Waals surface area (Å²) in [6, 6.07) is 8.18. The van der Waals surface area contributed by atoms with Crippen molar-refractivity contribution >= 4 is 44.2 Å². The summed E-state index contributed by atoms with van der Waals surface area (Å²) in [6.45, 7) is 0.0536. The number of methoxy groups -OCH3 is 1. The fraction of sp³-hybridized carbons (Fsp3) is 0.217. The maximum atomic E-state index is 13.2. The number of carbonyl (C=O) groups excluding carboxylic acids is 1. The van der Waals surface area contributed by atoms with Crippen LogP contribution in [0.25, 0.3) is 21.5 Å². The van der Waals surface area contributed by atoms with Crippen molar-refractivity contribution in [3.63, 3.8) is 0 Å². The standard InChI is InChI=1S/C23H20BrF3N4O2S/c1-33-18-17(24)19(15-5-7-29-21-16(15)6-8-30-21)34-20(18)22(32)31-14(11-28)10-12-3-2-4-13(9-12)23(25,26)27/h2-9,14H,10-11,28H2,1H3,(H,29,30)(H,31,32)/t14-/m0/s1. The van der Waals surface area contributed by atoms with Crippen molar-refractivity contribution in [2.45, 2.75) is 18.6 Å². The van der Waals surface area contributed by atoms with Crippen LogP contribution < -0.4 is 15.8 Å². The molecule has 0 bridgehead atoms. The molecule has 3 aromatic heterocycles. The molecule has 0 aliphatic rings. The minimum atomic E-state index is -4.44. The topological polar surface area (TPSA) is 93.0 Å². The van der Waals surface area contributed by atoms with Gasteiger partial charge in [0, 0.05) is 35.9 Å². The summed E-state index contributed by atoms with van der Waals surface area (Å²) in [5.41, 5.74) is 7.11. The van der Waals surface area contributed by atoms with E-state index in [9.17, 15) is 18.0 Å². The molecule has 1 amide bonds. The number of carbonyl (C=O) groups is 1. The predicted octanol–water partition coefficient (Wildman–Crippen LogP) is 5.38. The summed E-state index contributed by atoms with van der Waals surface area (Å²) < 4.78 is 45.3. The highest BCUT2D eigenvalue weighted by atomic mass is 79.9. The number of nitrogens with zero attached hydrogens (tertiary/aromatic N) is 1. The first-order valence-electron chi connectivity index (χ1n) is 10.2. The quantitative estimate of drug-likeness (QED) is 0.287. The molecule has 0 spiro atoms. The number of benzene rings is 1. The van der Waals surface area contributed by atoms with Gasteiger partial charge in [-0.15, -0.1) is 11.3 Å². The van der Waals surface area contributed by atoms with Gasteiger partial charge in [0.1, 0.15) is 10.5 Å². The van der Waals surface area contributed by atoms with E-state index in [2.05, 4.69) is 31.2 Å². The van der Waals surface area contributed by atoms with E-state index in [0.717, 1.165) is 28.0 Å². The number of aromatic nitrogens is 2. The van der Waals surface area contributed by atoms with Crippen LogP contribution in [-0.2, 0) is 12.6 Å². The maximum absolute atomic E-state index is 13.2. The lowest BCUT2D eigenvalue weighted by atomic mass is 10.0. The Hall–Kier alpha value is -2.89. The fourth-order valence-electron chi connectivity index (χ4n) is 3.66. The Morgan fingerprint density at radius 3 is 2.82 bits per heavy atom. The number of thiophene rings is 1. The molecular weight excluding hydrogens is 533 g/mol. The fourth-order valence-corrected chi connectivity index (χ4v) is 5.72. The summed E-state index contributed by atoms with van der Waals surface area (Å²) in [4.78, 5) is 21.6. The number of nitrogens with one attached hydrogen (secondary N) is 2. The van der Waals surface area contributed by atoms with Crippen molar-refractivity contribution < 1.29 is 22.7 Å². The first kappa shape index (κ1) is 24.2. The molecule has 0 aliphatic heterocycles. The third kappa shape index (κ3) is 4.82. The Labute approximate surface area is 205 Å². The summed E-state index contributed by atoms with van der Waals surface area (Å²) >= 11 is 4.79. The number of rotatable bonds is 7. The van der Waals surface area contributed by atoms with Gasteiger partial charge in [-0.2, -0.15) is 13.2 Å². The molecule has 4 aromatic rings. The van der Waals surface area contributed by atoms with Crippen LogP contribution in [0.4, 0.5) is 13.2 Å². The highest BCUT2D eigenvalue weighted by Crippen LogP contribution is 2.46. The molecule has 4 rings (SSSR count). The summed E-state index contributed by atoms with van der Waals surface area (Å²) in [5.74, 6) is -0.0524. The molecule has 1 atom stereocenters. The van der Waals surface area contributed by atoms with Crippen molar-refractivity contribution in [3.05, 3.63) is 69.3 Å². The highest BCUT2D eigenvalue weighted by molar-refractivity contribution is 9.10. The van der Waals surface area contributed by atoms with Crippen LogP contribution in [0.3, 0.4) is 0 Å². The Balaban J connectivity index is 1.60. The van der Waals surface area contributed by atoms with E-state index in [1.54, 1.807) is 18.5 Å². The number of H-pyrrole nitrogens is 1. The van der Waals surface area contributed by atoms with Crippen LogP contribution >= 0.6 is 27.3 Å². The molecule has 11 heteroatoms. The molecule has 34 heavy (non-hydrogen) atoms. The van der Waals surface area contributed by atoms with Gasteiger partial charge in [0.25, 0.3) is 5.91 Å². The van der Waals surface area contributed by atoms with Crippen LogP contribution in [0.5, 0.6) is 5.75 Å². The molecule has 0 saturated carbocycles. The van der Waals surface area contributed by atoms with E-state index >= 15 is 0 Å². The number of ether oxygens (including phenoxy) is 1. The Morgan fingerprint density at radius 1 is 1.32 bits per heavy atom. The van der Waals surface area contributed by atoms with Crippen LogP contribution in [0.15, 0.2) is 53.3 Å². The number of halogens is 4. The van der Waals surface area contributed by atoms with Crippen LogP contribution in [0.1, 0.15) is 20.8 Å². The Bertz CT molecular complexity index is 1340. The molecule has 3 heterocycles. The number of amides is 1. The Kier molecular flexibility index (Phi) is 6.96. The van der Waals surface area contributed by atoms with Gasteiger partial charge >= 0.3 is 6.18 Å². The predicted molar refractivity (Wildman–Crippen MR) is 129 cm³/mol. The number of hydrogen-bond donors (Lipinski definition) is 3. The molecule has 0 saturated heterocycles.